The van der Waals surface area contributed by atoms with Gasteiger partial charge in [-0.1, -0.05) is 200 Å². The largest absolute Gasteiger partial charge is 0.309 e. The van der Waals surface area contributed by atoms with E-state index in [-0.39, 0.29) is 0 Å². The van der Waals surface area contributed by atoms with E-state index in [0.717, 1.165) is 5.69 Å². The Hall–Kier alpha value is -9.76. The molecule has 0 aliphatic heterocycles. The molecule has 2 heterocycles. The summed E-state index contributed by atoms with van der Waals surface area (Å²) in [6.45, 7) is 0. The van der Waals surface area contributed by atoms with Crippen molar-refractivity contribution in [3.63, 3.8) is 0 Å². The number of hydrogen-bond donors (Lipinski definition) is 0. The molecule has 0 spiro atoms. The second kappa shape index (κ2) is 15.9. The fourth-order valence-corrected chi connectivity index (χ4v) is 12.8. The summed E-state index contributed by atoms with van der Waals surface area (Å²) in [4.78, 5) is 0. The molecule has 342 valence electrons. The number of rotatable bonds is 5. The molecule has 0 aliphatic rings. The third kappa shape index (κ3) is 5.94. The summed E-state index contributed by atoms with van der Waals surface area (Å²) in [5.41, 5.74) is 14.4. The first-order valence-electron chi connectivity index (χ1n) is 25.7. The molecular formula is C72H44N2. The first-order chi connectivity index (χ1) is 36.7. The lowest BCUT2D eigenvalue weighted by Crippen LogP contribution is -1.95. The summed E-state index contributed by atoms with van der Waals surface area (Å²) in [5, 5.41) is 20.3. The van der Waals surface area contributed by atoms with E-state index >= 15 is 0 Å². The van der Waals surface area contributed by atoms with Crippen LogP contribution in [0.1, 0.15) is 0 Å². The Morgan fingerprint density at radius 3 is 1.22 bits per heavy atom. The number of fused-ring (bicyclic) bond motifs is 18. The predicted octanol–water partition coefficient (Wildman–Crippen LogP) is 19.8. The van der Waals surface area contributed by atoms with Crippen LogP contribution >= 0.6 is 0 Å². The van der Waals surface area contributed by atoms with Crippen LogP contribution in [0.15, 0.2) is 267 Å². The van der Waals surface area contributed by atoms with E-state index in [2.05, 4.69) is 276 Å². The van der Waals surface area contributed by atoms with E-state index in [0.29, 0.717) is 0 Å². The van der Waals surface area contributed by atoms with Crippen LogP contribution in [0.2, 0.25) is 0 Å². The maximum absolute atomic E-state index is 2.48. The van der Waals surface area contributed by atoms with Gasteiger partial charge in [-0.25, -0.2) is 0 Å². The van der Waals surface area contributed by atoms with Crippen molar-refractivity contribution >= 4 is 108 Å². The first-order valence-corrected chi connectivity index (χ1v) is 25.7. The van der Waals surface area contributed by atoms with Crippen LogP contribution in [0.4, 0.5) is 0 Å². The minimum atomic E-state index is 1.15. The molecule has 74 heavy (non-hydrogen) atoms. The summed E-state index contributed by atoms with van der Waals surface area (Å²) in [6.07, 6.45) is 0. The van der Waals surface area contributed by atoms with Crippen LogP contribution < -0.4 is 0 Å². The van der Waals surface area contributed by atoms with Gasteiger partial charge in [-0.3, -0.25) is 0 Å². The zero-order valence-electron chi connectivity index (χ0n) is 40.3. The van der Waals surface area contributed by atoms with E-state index in [1.807, 2.05) is 0 Å². The van der Waals surface area contributed by atoms with E-state index < -0.39 is 0 Å². The Bertz CT molecular complexity index is 4930. The normalized spacial score (nSPS) is 12.1. The van der Waals surface area contributed by atoms with Crippen LogP contribution in [0.3, 0.4) is 0 Å². The molecule has 0 bridgehead atoms. The lowest BCUT2D eigenvalue weighted by Gasteiger charge is -2.16. The van der Waals surface area contributed by atoms with E-state index in [1.165, 1.54) is 147 Å². The first kappa shape index (κ1) is 40.9. The van der Waals surface area contributed by atoms with Gasteiger partial charge in [0.25, 0.3) is 0 Å². The summed E-state index contributed by atoms with van der Waals surface area (Å²) in [6, 6.07) is 99.1. The van der Waals surface area contributed by atoms with Gasteiger partial charge >= 0.3 is 0 Å². The molecule has 0 fully saturated rings. The average molecular weight is 937 g/mol. The number of hydrogen-bond acceptors (Lipinski definition) is 0. The van der Waals surface area contributed by atoms with E-state index in [1.54, 1.807) is 0 Å². The molecule has 0 aliphatic carbocycles. The summed E-state index contributed by atoms with van der Waals surface area (Å²) < 4.78 is 4.87. The Morgan fingerprint density at radius 1 is 0.189 bits per heavy atom. The molecule has 0 amide bonds. The molecule has 16 rings (SSSR count). The van der Waals surface area contributed by atoms with Crippen LogP contribution in [-0.4, -0.2) is 9.13 Å². The average Bonchev–Trinajstić information content (AvgIpc) is 4.00. The molecule has 2 aromatic heterocycles. The van der Waals surface area contributed by atoms with Gasteiger partial charge < -0.3 is 9.13 Å². The highest BCUT2D eigenvalue weighted by Gasteiger charge is 2.21. The molecule has 2 heteroatoms. The predicted molar refractivity (Wildman–Crippen MR) is 316 cm³/mol. The molecule has 0 saturated heterocycles. The Kier molecular flexibility index (Phi) is 8.78. The minimum Gasteiger partial charge on any atom is -0.309 e. The SMILES string of the molecule is c1ccc(-n2c3ccccc3c3cc(-c4cccc5c6ccc(-c7ccc8c(c7)c7cccc(-c9ccc%10c%11ccccc%11c%11ccccc%11c%10c9)c7n8-c7ccccc7)cc6c6ccccc6c45)ccc32)cc1. The van der Waals surface area contributed by atoms with Gasteiger partial charge in [0.15, 0.2) is 0 Å². The van der Waals surface area contributed by atoms with Gasteiger partial charge in [0.05, 0.1) is 22.1 Å². The Morgan fingerprint density at radius 2 is 0.554 bits per heavy atom. The number of para-hydroxylation sites is 4. The maximum Gasteiger partial charge on any atom is 0.0619 e. The van der Waals surface area contributed by atoms with Crippen molar-refractivity contribution in [2.24, 2.45) is 0 Å². The molecule has 2 nitrogen and oxygen atoms in total. The monoisotopic (exact) mass is 936 g/mol. The molecule has 14 aromatic carbocycles. The van der Waals surface area contributed by atoms with Gasteiger partial charge in [0, 0.05) is 38.5 Å². The van der Waals surface area contributed by atoms with Crippen molar-refractivity contribution in [2.45, 2.75) is 0 Å². The molecule has 0 atom stereocenters. The molecule has 0 N–H and O–H groups in total. The number of nitrogens with zero attached hydrogens (tertiary/aromatic N) is 2. The summed E-state index contributed by atoms with van der Waals surface area (Å²) in [7, 11) is 0. The van der Waals surface area contributed by atoms with Crippen LogP contribution in [0.25, 0.3) is 153 Å². The molecule has 0 radical (unpaired) electrons. The van der Waals surface area contributed by atoms with Crippen LogP contribution in [0, 0.1) is 0 Å². The Balaban J connectivity index is 0.871. The van der Waals surface area contributed by atoms with Crippen molar-refractivity contribution in [2.75, 3.05) is 0 Å². The zero-order chi connectivity index (χ0) is 48.4. The quantitative estimate of drug-likeness (QED) is 0.152. The van der Waals surface area contributed by atoms with Gasteiger partial charge in [-0.05, 0) is 159 Å². The summed E-state index contributed by atoms with van der Waals surface area (Å²) in [5.74, 6) is 0. The van der Waals surface area contributed by atoms with Crippen LogP contribution in [-0.2, 0) is 0 Å². The van der Waals surface area contributed by atoms with E-state index in [9.17, 15) is 0 Å². The van der Waals surface area contributed by atoms with Crippen molar-refractivity contribution in [3.05, 3.63) is 267 Å². The molecule has 0 unspecified atom stereocenters. The topological polar surface area (TPSA) is 9.86 Å². The molecule has 16 aromatic rings. The van der Waals surface area contributed by atoms with Gasteiger partial charge in [0.1, 0.15) is 0 Å². The number of aromatic nitrogens is 2. The molecule has 0 saturated carbocycles. The lowest BCUT2D eigenvalue weighted by molar-refractivity contribution is 1.18. The highest BCUT2D eigenvalue weighted by atomic mass is 15.0. The van der Waals surface area contributed by atoms with Crippen molar-refractivity contribution in [1.29, 1.82) is 0 Å². The minimum absolute atomic E-state index is 1.15. The maximum atomic E-state index is 2.48. The standard InChI is InChI=1S/C72H44N2/c1-3-17-49(18-4-1)73-68-32-14-13-26-60(68)66-44-47(36-40-69(66)73)51-28-15-30-62-59-37-33-45(41-64(59)57-25-11-12-27-61(57)71(51)62)46-35-39-70-67(42-46)63-31-16-29-52(72(63)74(70)50-19-5-2-6-20-50)48-34-38-58-55-23-8-7-21-53(55)54-22-9-10-24-56(54)65(58)43-48/h1-44H. The lowest BCUT2D eigenvalue weighted by atomic mass is 9.88. The third-order valence-electron chi connectivity index (χ3n) is 16.0. The number of benzene rings is 14. The third-order valence-corrected chi connectivity index (χ3v) is 16.0. The highest BCUT2D eigenvalue weighted by molar-refractivity contribution is 6.30. The van der Waals surface area contributed by atoms with Gasteiger partial charge in [-0.2, -0.15) is 0 Å². The van der Waals surface area contributed by atoms with Gasteiger partial charge in [-0.15, -0.1) is 0 Å². The zero-order valence-corrected chi connectivity index (χ0v) is 40.3. The summed E-state index contributed by atoms with van der Waals surface area (Å²) >= 11 is 0. The van der Waals surface area contributed by atoms with Gasteiger partial charge in [0.2, 0.25) is 0 Å². The fourth-order valence-electron chi connectivity index (χ4n) is 12.8. The fraction of sp³-hybridized carbons (Fsp3) is 0. The van der Waals surface area contributed by atoms with Crippen molar-refractivity contribution in [1.82, 2.24) is 9.13 Å². The van der Waals surface area contributed by atoms with Crippen LogP contribution in [0.5, 0.6) is 0 Å². The molecular weight excluding hydrogens is 893 g/mol. The second-order valence-corrected chi connectivity index (χ2v) is 19.9. The smallest absolute Gasteiger partial charge is 0.0619 e. The van der Waals surface area contributed by atoms with E-state index in [4.69, 9.17) is 0 Å². The highest BCUT2D eigenvalue weighted by Crippen LogP contribution is 2.46. The van der Waals surface area contributed by atoms with Crippen molar-refractivity contribution < 1.29 is 0 Å². The Labute approximate surface area is 426 Å². The van der Waals surface area contributed by atoms with Crippen molar-refractivity contribution in [3.8, 4) is 44.8 Å². The second-order valence-electron chi connectivity index (χ2n) is 19.9.